The highest BCUT2D eigenvalue weighted by Crippen LogP contribution is 2.26. The van der Waals surface area contributed by atoms with Crippen LogP contribution in [-0.4, -0.2) is 10.1 Å². The van der Waals surface area contributed by atoms with E-state index in [9.17, 15) is 5.11 Å². The Balaban J connectivity index is 1.95. The summed E-state index contributed by atoms with van der Waals surface area (Å²) in [6.07, 6.45) is 1.55. The van der Waals surface area contributed by atoms with E-state index in [-0.39, 0.29) is 0 Å². The average molecular weight is 265 g/mol. The van der Waals surface area contributed by atoms with Crippen molar-refractivity contribution in [2.75, 3.05) is 0 Å². The largest absolute Gasteiger partial charge is 0.389 e. The van der Waals surface area contributed by atoms with E-state index in [0.717, 1.165) is 16.3 Å². The topological polar surface area (TPSA) is 33.1 Å². The maximum Gasteiger partial charge on any atom is 0.0897 e. The number of thioether (sulfide) groups is 1. The molecule has 4 heteroatoms. The van der Waals surface area contributed by atoms with Gasteiger partial charge in [-0.1, -0.05) is 12.1 Å². The predicted molar refractivity (Wildman–Crippen MR) is 73.5 cm³/mol. The number of nitrogens with zero attached hydrogens (tertiary/aromatic N) is 1. The molecule has 0 bridgehead atoms. The third kappa shape index (κ3) is 3.56. The Morgan fingerprint density at radius 2 is 2.06 bits per heavy atom. The minimum absolute atomic E-state index is 0.391. The highest BCUT2D eigenvalue weighted by Gasteiger charge is 2.02. The molecule has 2 rings (SSSR count). The number of hydrogen-bond acceptors (Lipinski definition) is 4. The zero-order valence-electron chi connectivity index (χ0n) is 9.88. The number of aliphatic hydroxyl groups is 1. The van der Waals surface area contributed by atoms with Crippen molar-refractivity contribution in [1.29, 1.82) is 0 Å². The standard InChI is InChI=1S/C13H15NOS2/c1-9(15)11-3-5-12(6-4-11)16-8-13-7-14-10(2)17-13/h3-7,9,15H,8H2,1-2H3. The summed E-state index contributed by atoms with van der Waals surface area (Å²) < 4.78 is 0. The van der Waals surface area contributed by atoms with Gasteiger partial charge in [0.05, 0.1) is 11.1 Å². The molecule has 1 unspecified atom stereocenters. The fraction of sp³-hybridized carbons (Fsp3) is 0.308. The molecule has 0 fully saturated rings. The Hall–Kier alpha value is -0.840. The van der Waals surface area contributed by atoms with Crippen LogP contribution in [0.15, 0.2) is 35.4 Å². The van der Waals surface area contributed by atoms with E-state index >= 15 is 0 Å². The van der Waals surface area contributed by atoms with Crippen molar-refractivity contribution in [2.24, 2.45) is 0 Å². The van der Waals surface area contributed by atoms with E-state index < -0.39 is 6.10 Å². The van der Waals surface area contributed by atoms with Gasteiger partial charge in [-0.15, -0.1) is 23.1 Å². The van der Waals surface area contributed by atoms with Gasteiger partial charge in [0.1, 0.15) is 0 Å². The molecule has 0 amide bonds. The second-order valence-electron chi connectivity index (χ2n) is 3.88. The van der Waals surface area contributed by atoms with E-state index in [0.29, 0.717) is 0 Å². The van der Waals surface area contributed by atoms with Gasteiger partial charge in [-0.25, -0.2) is 4.98 Å². The van der Waals surface area contributed by atoms with E-state index in [1.807, 2.05) is 25.3 Å². The van der Waals surface area contributed by atoms with Gasteiger partial charge >= 0.3 is 0 Å². The Bertz CT molecular complexity index is 476. The fourth-order valence-electron chi connectivity index (χ4n) is 1.47. The lowest BCUT2D eigenvalue weighted by molar-refractivity contribution is 0.199. The van der Waals surface area contributed by atoms with Gasteiger partial charge in [0, 0.05) is 21.7 Å². The number of hydrogen-bond donors (Lipinski definition) is 1. The van der Waals surface area contributed by atoms with E-state index in [2.05, 4.69) is 17.1 Å². The van der Waals surface area contributed by atoms with Crippen molar-refractivity contribution in [2.45, 2.75) is 30.6 Å². The fourth-order valence-corrected chi connectivity index (χ4v) is 3.18. The quantitative estimate of drug-likeness (QED) is 0.854. The van der Waals surface area contributed by atoms with Gasteiger partial charge in [0.15, 0.2) is 0 Å². The molecule has 1 heterocycles. The molecule has 1 aromatic heterocycles. The predicted octanol–water partition coefficient (Wildman–Crippen LogP) is 3.80. The molecule has 0 aliphatic rings. The first-order valence-corrected chi connectivity index (χ1v) is 7.27. The van der Waals surface area contributed by atoms with Gasteiger partial charge in [-0.2, -0.15) is 0 Å². The Labute approximate surface area is 110 Å². The summed E-state index contributed by atoms with van der Waals surface area (Å²) in [7, 11) is 0. The molecule has 0 spiro atoms. The maximum atomic E-state index is 9.41. The van der Waals surface area contributed by atoms with Crippen LogP contribution in [0.25, 0.3) is 0 Å². The average Bonchev–Trinajstić information content (AvgIpc) is 2.73. The normalized spacial score (nSPS) is 12.6. The van der Waals surface area contributed by atoms with E-state index in [4.69, 9.17) is 0 Å². The van der Waals surface area contributed by atoms with E-state index in [1.165, 1.54) is 9.77 Å². The molecule has 1 aromatic carbocycles. The SMILES string of the molecule is Cc1ncc(CSc2ccc(C(C)O)cc2)s1. The molecule has 1 atom stereocenters. The number of benzene rings is 1. The maximum absolute atomic E-state index is 9.41. The van der Waals surface area contributed by atoms with Crippen molar-refractivity contribution < 1.29 is 5.11 Å². The summed E-state index contributed by atoms with van der Waals surface area (Å²) >= 11 is 3.54. The first kappa shape index (κ1) is 12.6. The lowest BCUT2D eigenvalue weighted by Gasteiger charge is -2.05. The molecule has 0 saturated carbocycles. The lowest BCUT2D eigenvalue weighted by Crippen LogP contribution is -1.89. The summed E-state index contributed by atoms with van der Waals surface area (Å²) in [6.45, 7) is 3.80. The molecule has 90 valence electrons. The number of aliphatic hydroxyl groups excluding tert-OH is 1. The molecule has 1 N–H and O–H groups in total. The summed E-state index contributed by atoms with van der Waals surface area (Å²) in [5.74, 6) is 0.958. The van der Waals surface area contributed by atoms with Crippen molar-refractivity contribution in [3.8, 4) is 0 Å². The van der Waals surface area contributed by atoms with Crippen LogP contribution in [0.2, 0.25) is 0 Å². The van der Waals surface area contributed by atoms with Gasteiger partial charge < -0.3 is 5.11 Å². The zero-order chi connectivity index (χ0) is 12.3. The number of thiazole rings is 1. The molecule has 0 saturated heterocycles. The van der Waals surface area contributed by atoms with Crippen molar-refractivity contribution >= 4 is 23.1 Å². The first-order valence-electron chi connectivity index (χ1n) is 5.47. The van der Waals surface area contributed by atoms with Crippen LogP contribution >= 0.6 is 23.1 Å². The highest BCUT2D eigenvalue weighted by molar-refractivity contribution is 7.98. The summed E-state index contributed by atoms with van der Waals surface area (Å²) in [5, 5.41) is 10.5. The summed E-state index contributed by atoms with van der Waals surface area (Å²) in [4.78, 5) is 6.76. The molecular formula is C13H15NOS2. The van der Waals surface area contributed by atoms with Gasteiger partial charge in [-0.3, -0.25) is 0 Å². The van der Waals surface area contributed by atoms with E-state index in [1.54, 1.807) is 30.0 Å². The number of aromatic nitrogens is 1. The van der Waals surface area contributed by atoms with Gasteiger partial charge in [0.2, 0.25) is 0 Å². The monoisotopic (exact) mass is 265 g/mol. The summed E-state index contributed by atoms with van der Waals surface area (Å²) in [6, 6.07) is 8.07. The van der Waals surface area contributed by atoms with Crippen molar-refractivity contribution in [3.05, 3.63) is 45.9 Å². The Morgan fingerprint density at radius 3 is 2.59 bits per heavy atom. The van der Waals surface area contributed by atoms with Crippen LogP contribution in [-0.2, 0) is 5.75 Å². The minimum atomic E-state index is -0.391. The molecule has 0 aliphatic carbocycles. The Kier molecular flexibility index (Phi) is 4.20. The Morgan fingerprint density at radius 1 is 1.35 bits per heavy atom. The van der Waals surface area contributed by atoms with Gasteiger partial charge in [-0.05, 0) is 31.5 Å². The van der Waals surface area contributed by atoms with Crippen molar-refractivity contribution in [3.63, 3.8) is 0 Å². The van der Waals surface area contributed by atoms with Crippen molar-refractivity contribution in [1.82, 2.24) is 4.98 Å². The smallest absolute Gasteiger partial charge is 0.0897 e. The third-order valence-corrected chi connectivity index (χ3v) is 4.57. The molecule has 17 heavy (non-hydrogen) atoms. The second-order valence-corrected chi connectivity index (χ2v) is 6.25. The first-order chi connectivity index (χ1) is 8.15. The van der Waals surface area contributed by atoms with Crippen LogP contribution in [0.1, 0.15) is 28.5 Å². The number of aryl methyl sites for hydroxylation is 1. The number of rotatable bonds is 4. The zero-order valence-corrected chi connectivity index (χ0v) is 11.5. The van der Waals surface area contributed by atoms with Crippen LogP contribution in [0.5, 0.6) is 0 Å². The molecule has 2 nitrogen and oxygen atoms in total. The van der Waals surface area contributed by atoms with Crippen LogP contribution in [0.4, 0.5) is 0 Å². The molecule has 0 aliphatic heterocycles. The second kappa shape index (κ2) is 5.67. The van der Waals surface area contributed by atoms with Crippen LogP contribution in [0, 0.1) is 6.92 Å². The van der Waals surface area contributed by atoms with Crippen LogP contribution in [0.3, 0.4) is 0 Å². The minimum Gasteiger partial charge on any atom is -0.389 e. The molecule has 0 radical (unpaired) electrons. The highest BCUT2D eigenvalue weighted by atomic mass is 32.2. The summed E-state index contributed by atoms with van der Waals surface area (Å²) in [5.41, 5.74) is 0.961. The van der Waals surface area contributed by atoms with Crippen LogP contribution < -0.4 is 0 Å². The molecule has 2 aromatic rings. The van der Waals surface area contributed by atoms with Gasteiger partial charge in [0.25, 0.3) is 0 Å². The lowest BCUT2D eigenvalue weighted by atomic mass is 10.1. The third-order valence-electron chi connectivity index (χ3n) is 2.41. The molecular weight excluding hydrogens is 250 g/mol.